The highest BCUT2D eigenvalue weighted by atomic mass is 16.5. The monoisotopic (exact) mass is 398 g/mol. The second-order valence-electron chi connectivity index (χ2n) is 8.05. The topological polar surface area (TPSA) is 46.2 Å². The van der Waals surface area contributed by atoms with Gasteiger partial charge in [-0.05, 0) is 61.2 Å². The van der Waals surface area contributed by atoms with E-state index in [1.807, 2.05) is 6.92 Å². The van der Waals surface area contributed by atoms with Crippen molar-refractivity contribution in [3.63, 3.8) is 0 Å². The molecule has 2 fully saturated rings. The van der Waals surface area contributed by atoms with Gasteiger partial charge < -0.3 is 23.7 Å². The van der Waals surface area contributed by atoms with Crippen LogP contribution in [0.5, 0.6) is 17.2 Å². The van der Waals surface area contributed by atoms with Crippen molar-refractivity contribution in [2.24, 2.45) is 11.8 Å². The van der Waals surface area contributed by atoms with Crippen molar-refractivity contribution >= 4 is 0 Å². The van der Waals surface area contributed by atoms with E-state index in [-0.39, 0.29) is 12.2 Å². The Morgan fingerprint density at radius 3 is 1.52 bits per heavy atom. The SMILES string of the molecule is COc1cc([C@H]2OCC3C2CO[C@@H]3c2cc(OC)c(C)c(OC)c2)cc(C)c1C. The van der Waals surface area contributed by atoms with Gasteiger partial charge in [-0.1, -0.05) is 6.07 Å². The standard InChI is InChI=1S/C24H30O5/c1-13-7-16(8-20(25-4)14(13)2)23-18-11-29-24(19(18)12-28-23)17-9-21(26-5)15(3)22(10-17)27-6/h7-10,18-19,23-24H,11-12H2,1-6H3/t18?,19?,23-,24-/m1/s1. The van der Waals surface area contributed by atoms with Crippen molar-refractivity contribution in [2.75, 3.05) is 34.5 Å². The lowest BCUT2D eigenvalue weighted by Crippen LogP contribution is -2.15. The first-order chi connectivity index (χ1) is 14.0. The van der Waals surface area contributed by atoms with Crippen LogP contribution in [0.4, 0.5) is 0 Å². The van der Waals surface area contributed by atoms with Crippen molar-refractivity contribution in [1.82, 2.24) is 0 Å². The molecule has 2 aromatic rings. The Morgan fingerprint density at radius 1 is 0.655 bits per heavy atom. The van der Waals surface area contributed by atoms with E-state index in [2.05, 4.69) is 38.1 Å². The van der Waals surface area contributed by atoms with Crippen molar-refractivity contribution < 1.29 is 23.7 Å². The predicted molar refractivity (Wildman–Crippen MR) is 111 cm³/mol. The largest absolute Gasteiger partial charge is 0.496 e. The molecule has 2 aliphatic rings. The van der Waals surface area contributed by atoms with Crippen molar-refractivity contribution in [2.45, 2.75) is 33.0 Å². The summed E-state index contributed by atoms with van der Waals surface area (Å²) in [4.78, 5) is 0. The molecule has 2 aromatic carbocycles. The molecule has 0 N–H and O–H groups in total. The summed E-state index contributed by atoms with van der Waals surface area (Å²) in [5.41, 5.74) is 5.63. The Morgan fingerprint density at radius 2 is 1.07 bits per heavy atom. The maximum absolute atomic E-state index is 6.29. The summed E-state index contributed by atoms with van der Waals surface area (Å²) in [6.45, 7) is 7.55. The summed E-state index contributed by atoms with van der Waals surface area (Å²) in [5.74, 6) is 3.16. The minimum absolute atomic E-state index is 0.0208. The minimum Gasteiger partial charge on any atom is -0.496 e. The van der Waals surface area contributed by atoms with Gasteiger partial charge in [-0.25, -0.2) is 0 Å². The maximum Gasteiger partial charge on any atom is 0.125 e. The zero-order valence-corrected chi connectivity index (χ0v) is 18.1. The third-order valence-electron chi connectivity index (χ3n) is 6.56. The van der Waals surface area contributed by atoms with Crippen LogP contribution in [0.2, 0.25) is 0 Å². The molecule has 4 atom stereocenters. The third kappa shape index (κ3) is 3.36. The molecular formula is C24H30O5. The Balaban J connectivity index is 1.63. The Hall–Kier alpha value is -2.24. The molecule has 5 nitrogen and oxygen atoms in total. The van der Waals surface area contributed by atoms with Crippen LogP contribution in [0, 0.1) is 32.6 Å². The van der Waals surface area contributed by atoms with Gasteiger partial charge in [0.1, 0.15) is 17.2 Å². The van der Waals surface area contributed by atoms with Crippen LogP contribution < -0.4 is 14.2 Å². The second-order valence-corrected chi connectivity index (χ2v) is 8.05. The highest BCUT2D eigenvalue weighted by Crippen LogP contribution is 2.51. The molecule has 29 heavy (non-hydrogen) atoms. The van der Waals surface area contributed by atoms with E-state index >= 15 is 0 Å². The lowest BCUT2D eigenvalue weighted by Gasteiger charge is -2.20. The molecule has 2 unspecified atom stereocenters. The van der Waals surface area contributed by atoms with E-state index in [0.29, 0.717) is 25.0 Å². The quantitative estimate of drug-likeness (QED) is 0.730. The average molecular weight is 398 g/mol. The van der Waals surface area contributed by atoms with Gasteiger partial charge in [-0.2, -0.15) is 0 Å². The van der Waals surface area contributed by atoms with Crippen LogP contribution in [0.15, 0.2) is 24.3 Å². The first-order valence-electron chi connectivity index (χ1n) is 10.1. The molecule has 0 radical (unpaired) electrons. The summed E-state index contributed by atoms with van der Waals surface area (Å²) >= 11 is 0. The van der Waals surface area contributed by atoms with Crippen LogP contribution in [-0.2, 0) is 9.47 Å². The molecule has 156 valence electrons. The zero-order valence-electron chi connectivity index (χ0n) is 18.1. The van der Waals surface area contributed by atoms with Crippen LogP contribution in [0.3, 0.4) is 0 Å². The van der Waals surface area contributed by atoms with E-state index in [9.17, 15) is 0 Å². The minimum atomic E-state index is -0.0261. The number of hydrogen-bond acceptors (Lipinski definition) is 5. The first kappa shape index (κ1) is 20.0. The van der Waals surface area contributed by atoms with Crippen molar-refractivity contribution in [3.8, 4) is 17.2 Å². The van der Waals surface area contributed by atoms with E-state index in [1.54, 1.807) is 21.3 Å². The van der Waals surface area contributed by atoms with Gasteiger partial charge in [-0.3, -0.25) is 0 Å². The molecule has 2 saturated heterocycles. The molecule has 0 amide bonds. The molecule has 4 rings (SSSR count). The molecule has 0 spiro atoms. The van der Waals surface area contributed by atoms with E-state index in [1.165, 1.54) is 16.7 Å². The fourth-order valence-corrected chi connectivity index (χ4v) is 4.74. The Kier molecular flexibility index (Phi) is 5.45. The van der Waals surface area contributed by atoms with Gasteiger partial charge in [0, 0.05) is 17.4 Å². The fraction of sp³-hybridized carbons (Fsp3) is 0.500. The van der Waals surface area contributed by atoms with E-state index in [4.69, 9.17) is 23.7 Å². The number of methoxy groups -OCH3 is 3. The van der Waals surface area contributed by atoms with Gasteiger partial charge in [0.25, 0.3) is 0 Å². The van der Waals surface area contributed by atoms with Crippen molar-refractivity contribution in [1.29, 1.82) is 0 Å². The third-order valence-corrected chi connectivity index (χ3v) is 6.56. The van der Waals surface area contributed by atoms with Crippen molar-refractivity contribution in [3.05, 3.63) is 52.1 Å². The number of aryl methyl sites for hydroxylation is 1. The van der Waals surface area contributed by atoms with Crippen LogP contribution in [0.1, 0.15) is 40.0 Å². The summed E-state index contributed by atoms with van der Waals surface area (Å²) in [7, 11) is 5.09. The number of hydrogen-bond donors (Lipinski definition) is 0. The zero-order chi connectivity index (χ0) is 20.7. The molecule has 0 aromatic heterocycles. The highest BCUT2D eigenvalue weighted by molar-refractivity contribution is 5.48. The van der Waals surface area contributed by atoms with Gasteiger partial charge in [0.2, 0.25) is 0 Å². The summed E-state index contributed by atoms with van der Waals surface area (Å²) in [6, 6.07) is 8.46. The molecule has 2 heterocycles. The van der Waals surface area contributed by atoms with Gasteiger partial charge in [0.15, 0.2) is 0 Å². The van der Waals surface area contributed by atoms with Crippen LogP contribution >= 0.6 is 0 Å². The number of ether oxygens (including phenoxy) is 5. The normalized spacial score (nSPS) is 25.7. The smallest absolute Gasteiger partial charge is 0.125 e. The van der Waals surface area contributed by atoms with E-state index in [0.717, 1.165) is 28.4 Å². The molecular weight excluding hydrogens is 368 g/mol. The van der Waals surface area contributed by atoms with Gasteiger partial charge >= 0.3 is 0 Å². The molecule has 0 bridgehead atoms. The summed E-state index contributed by atoms with van der Waals surface area (Å²) in [5, 5.41) is 0. The fourth-order valence-electron chi connectivity index (χ4n) is 4.74. The number of benzene rings is 2. The average Bonchev–Trinajstić information content (AvgIpc) is 3.32. The Labute approximate surface area is 172 Å². The summed E-state index contributed by atoms with van der Waals surface area (Å²) in [6.07, 6.45) is -0.00530. The Bertz CT molecular complexity index is 881. The molecule has 0 aliphatic carbocycles. The van der Waals surface area contributed by atoms with Crippen LogP contribution in [0.25, 0.3) is 0 Å². The first-order valence-corrected chi connectivity index (χ1v) is 10.1. The highest BCUT2D eigenvalue weighted by Gasteiger charge is 2.48. The number of fused-ring (bicyclic) bond motifs is 1. The lowest BCUT2D eigenvalue weighted by atomic mass is 9.84. The second kappa shape index (κ2) is 7.88. The van der Waals surface area contributed by atoms with Crippen LogP contribution in [-0.4, -0.2) is 34.5 Å². The van der Waals surface area contributed by atoms with Gasteiger partial charge in [0.05, 0.1) is 46.8 Å². The number of rotatable bonds is 5. The molecule has 0 saturated carbocycles. The van der Waals surface area contributed by atoms with Gasteiger partial charge in [-0.15, -0.1) is 0 Å². The maximum atomic E-state index is 6.29. The molecule has 2 aliphatic heterocycles. The summed E-state index contributed by atoms with van der Waals surface area (Å²) < 4.78 is 29.3. The molecule has 5 heteroatoms. The van der Waals surface area contributed by atoms with E-state index < -0.39 is 0 Å². The lowest BCUT2D eigenvalue weighted by molar-refractivity contribution is 0.0191. The predicted octanol–water partition coefficient (Wildman–Crippen LogP) is 4.71.